The number of nitrogens with one attached hydrogen (secondary N) is 2. The van der Waals surface area contributed by atoms with Crippen LogP contribution in [0.5, 0.6) is 0 Å². The summed E-state index contributed by atoms with van der Waals surface area (Å²) in [6.45, 7) is 4.09. The fourth-order valence-corrected chi connectivity index (χ4v) is 3.65. The fraction of sp³-hybridized carbons (Fsp3) is 0.933. The van der Waals surface area contributed by atoms with E-state index in [1.54, 1.807) is 0 Å². The molecule has 3 fully saturated rings. The Labute approximate surface area is 128 Å². The summed E-state index contributed by atoms with van der Waals surface area (Å²) in [6.07, 6.45) is 9.32. The number of hydrogen-bond donors (Lipinski definition) is 2. The van der Waals surface area contributed by atoms with E-state index in [1.165, 1.54) is 45.2 Å². The number of amides is 1. The normalized spacial score (nSPS) is 26.6. The van der Waals surface area contributed by atoms with Crippen molar-refractivity contribution in [1.29, 1.82) is 0 Å². The van der Waals surface area contributed by atoms with Gasteiger partial charge in [-0.3, -0.25) is 4.79 Å². The van der Waals surface area contributed by atoms with Crippen molar-refractivity contribution in [1.82, 2.24) is 15.5 Å². The van der Waals surface area contributed by atoms with Crippen LogP contribution < -0.4 is 10.6 Å². The van der Waals surface area contributed by atoms with Crippen molar-refractivity contribution in [2.24, 2.45) is 5.92 Å². The van der Waals surface area contributed by atoms with Gasteiger partial charge >= 0.3 is 0 Å². The van der Waals surface area contributed by atoms with E-state index >= 15 is 0 Å². The molecule has 4 nitrogen and oxygen atoms in total. The zero-order chi connectivity index (χ0) is 13.1. The zero-order valence-corrected chi connectivity index (χ0v) is 13.1. The smallest absolute Gasteiger partial charge is 0.225 e. The Kier molecular flexibility index (Phi) is 6.12. The maximum atomic E-state index is 11.9. The molecule has 1 amide bonds. The molecule has 0 aromatic rings. The van der Waals surface area contributed by atoms with Crippen LogP contribution in [0.25, 0.3) is 0 Å². The molecule has 3 aliphatic rings. The minimum absolute atomic E-state index is 0. The van der Waals surface area contributed by atoms with Gasteiger partial charge in [0.15, 0.2) is 0 Å². The van der Waals surface area contributed by atoms with E-state index in [0.717, 1.165) is 32.0 Å². The molecule has 0 unspecified atom stereocenters. The van der Waals surface area contributed by atoms with Gasteiger partial charge in [0.1, 0.15) is 0 Å². The van der Waals surface area contributed by atoms with Crippen molar-refractivity contribution in [3.05, 3.63) is 0 Å². The summed E-state index contributed by atoms with van der Waals surface area (Å²) in [7, 11) is 0. The standard InChI is InChI=1S/C15H27N3O.ClH/c19-15(12-10-16-11-12)17-13-6-8-18(9-7-13)14-4-2-1-3-5-14;/h12-14,16H,1-11H2,(H,17,19);1H. The van der Waals surface area contributed by atoms with Crippen molar-refractivity contribution < 1.29 is 4.79 Å². The molecule has 0 aromatic heterocycles. The SMILES string of the molecule is Cl.O=C(NC1CCN(C2CCCCC2)CC1)C1CNC1. The number of nitrogens with zero attached hydrogens (tertiary/aromatic N) is 1. The molecule has 2 heterocycles. The summed E-state index contributed by atoms with van der Waals surface area (Å²) in [5.74, 6) is 0.506. The Morgan fingerprint density at radius 3 is 2.20 bits per heavy atom. The van der Waals surface area contributed by atoms with E-state index in [4.69, 9.17) is 0 Å². The molecule has 0 aromatic carbocycles. The minimum Gasteiger partial charge on any atom is -0.353 e. The minimum atomic E-state index is 0. The van der Waals surface area contributed by atoms with Gasteiger partial charge in [0.2, 0.25) is 5.91 Å². The maximum Gasteiger partial charge on any atom is 0.225 e. The van der Waals surface area contributed by atoms with E-state index in [2.05, 4.69) is 15.5 Å². The van der Waals surface area contributed by atoms with E-state index in [9.17, 15) is 4.79 Å². The lowest BCUT2D eigenvalue weighted by molar-refractivity contribution is -0.127. The molecular weight excluding hydrogens is 274 g/mol. The van der Waals surface area contributed by atoms with E-state index < -0.39 is 0 Å². The van der Waals surface area contributed by atoms with Gasteiger partial charge in [-0.2, -0.15) is 0 Å². The molecule has 2 N–H and O–H groups in total. The largest absolute Gasteiger partial charge is 0.353 e. The summed E-state index contributed by atoms with van der Waals surface area (Å²) in [5.41, 5.74) is 0. The number of likely N-dealkylation sites (tertiary alicyclic amines) is 1. The van der Waals surface area contributed by atoms with Crippen molar-refractivity contribution >= 4 is 18.3 Å². The first kappa shape index (κ1) is 16.1. The lowest BCUT2D eigenvalue weighted by atomic mass is 9.92. The highest BCUT2D eigenvalue weighted by Crippen LogP contribution is 2.25. The molecular formula is C15H28ClN3O. The highest BCUT2D eigenvalue weighted by molar-refractivity contribution is 5.85. The third-order valence-electron chi connectivity index (χ3n) is 5.12. The molecule has 2 aliphatic heterocycles. The van der Waals surface area contributed by atoms with Crippen LogP contribution in [0.4, 0.5) is 0 Å². The predicted octanol–water partition coefficient (Wildman–Crippen LogP) is 1.54. The molecule has 0 atom stereocenters. The monoisotopic (exact) mass is 301 g/mol. The van der Waals surface area contributed by atoms with E-state index in [-0.39, 0.29) is 24.2 Å². The van der Waals surface area contributed by atoms with Crippen LogP contribution in [-0.2, 0) is 4.79 Å². The Bertz CT molecular complexity index is 308. The van der Waals surface area contributed by atoms with Crippen LogP contribution >= 0.6 is 12.4 Å². The van der Waals surface area contributed by atoms with Gasteiger partial charge < -0.3 is 15.5 Å². The van der Waals surface area contributed by atoms with Gasteiger partial charge in [-0.25, -0.2) is 0 Å². The molecule has 1 aliphatic carbocycles. The van der Waals surface area contributed by atoms with Crippen molar-refractivity contribution in [2.45, 2.75) is 57.0 Å². The summed E-state index contributed by atoms with van der Waals surface area (Å²) in [4.78, 5) is 14.6. The van der Waals surface area contributed by atoms with Gasteiger partial charge in [-0.1, -0.05) is 19.3 Å². The predicted molar refractivity (Wildman–Crippen MR) is 83.2 cm³/mol. The van der Waals surface area contributed by atoms with Crippen molar-refractivity contribution in [3.8, 4) is 0 Å². The van der Waals surface area contributed by atoms with Crippen molar-refractivity contribution in [3.63, 3.8) is 0 Å². The lowest BCUT2D eigenvalue weighted by Crippen LogP contribution is -2.55. The molecule has 0 radical (unpaired) electrons. The second-order valence-corrected chi connectivity index (χ2v) is 6.47. The Morgan fingerprint density at radius 2 is 1.65 bits per heavy atom. The van der Waals surface area contributed by atoms with E-state index in [0.29, 0.717) is 6.04 Å². The van der Waals surface area contributed by atoms with Crippen LogP contribution in [-0.4, -0.2) is 49.1 Å². The van der Waals surface area contributed by atoms with Crippen LogP contribution in [0.15, 0.2) is 0 Å². The third kappa shape index (κ3) is 3.86. The number of carbonyl (C=O) groups excluding carboxylic acids is 1. The number of rotatable bonds is 3. The molecule has 0 bridgehead atoms. The lowest BCUT2D eigenvalue weighted by Gasteiger charge is -2.40. The second-order valence-electron chi connectivity index (χ2n) is 6.47. The molecule has 2 saturated heterocycles. The van der Waals surface area contributed by atoms with Gasteiger partial charge in [-0.05, 0) is 25.7 Å². The molecule has 0 spiro atoms. The Morgan fingerprint density at radius 1 is 1.00 bits per heavy atom. The first-order valence-electron chi connectivity index (χ1n) is 8.08. The molecule has 1 saturated carbocycles. The Balaban J connectivity index is 0.00000147. The topological polar surface area (TPSA) is 44.4 Å². The van der Waals surface area contributed by atoms with Gasteiger partial charge in [0, 0.05) is 38.3 Å². The van der Waals surface area contributed by atoms with Crippen LogP contribution in [0.2, 0.25) is 0 Å². The second kappa shape index (κ2) is 7.62. The number of carbonyl (C=O) groups is 1. The van der Waals surface area contributed by atoms with Crippen molar-refractivity contribution in [2.75, 3.05) is 26.2 Å². The number of hydrogen-bond acceptors (Lipinski definition) is 3. The highest BCUT2D eigenvalue weighted by Gasteiger charge is 2.30. The average Bonchev–Trinajstić information content (AvgIpc) is 2.38. The van der Waals surface area contributed by atoms with Crippen LogP contribution in [0, 0.1) is 5.92 Å². The van der Waals surface area contributed by atoms with E-state index in [1.807, 2.05) is 0 Å². The summed E-state index contributed by atoms with van der Waals surface area (Å²) in [6, 6.07) is 1.26. The molecule has 5 heteroatoms. The first-order chi connectivity index (χ1) is 9.33. The molecule has 116 valence electrons. The fourth-order valence-electron chi connectivity index (χ4n) is 3.65. The van der Waals surface area contributed by atoms with Gasteiger partial charge in [0.05, 0.1) is 5.92 Å². The maximum absolute atomic E-state index is 11.9. The average molecular weight is 302 g/mol. The highest BCUT2D eigenvalue weighted by atomic mass is 35.5. The Hall–Kier alpha value is -0.320. The van der Waals surface area contributed by atoms with Gasteiger partial charge in [-0.15, -0.1) is 12.4 Å². The molecule has 3 rings (SSSR count). The quantitative estimate of drug-likeness (QED) is 0.831. The van der Waals surface area contributed by atoms with Crippen LogP contribution in [0.3, 0.4) is 0 Å². The van der Waals surface area contributed by atoms with Gasteiger partial charge in [0.25, 0.3) is 0 Å². The number of halogens is 1. The number of piperidine rings is 1. The summed E-state index contributed by atoms with van der Waals surface area (Å²) < 4.78 is 0. The van der Waals surface area contributed by atoms with Crippen LogP contribution in [0.1, 0.15) is 44.9 Å². The summed E-state index contributed by atoms with van der Waals surface area (Å²) in [5, 5.41) is 6.40. The first-order valence-corrected chi connectivity index (χ1v) is 8.08. The summed E-state index contributed by atoms with van der Waals surface area (Å²) >= 11 is 0. The molecule has 20 heavy (non-hydrogen) atoms. The zero-order valence-electron chi connectivity index (χ0n) is 12.3. The third-order valence-corrected chi connectivity index (χ3v) is 5.12.